The minimum absolute atomic E-state index is 0.0263. The van der Waals surface area contributed by atoms with Crippen LogP contribution in [-0.4, -0.2) is 96.2 Å². The second kappa shape index (κ2) is 12.0. The first-order valence-corrected chi connectivity index (χ1v) is 15.0. The highest BCUT2D eigenvalue weighted by atomic mass is 16.2. The van der Waals surface area contributed by atoms with Crippen molar-refractivity contribution in [1.82, 2.24) is 50.3 Å². The summed E-state index contributed by atoms with van der Waals surface area (Å²) in [5, 5.41) is 22.9. The normalized spacial score (nSPS) is 17.3. The maximum absolute atomic E-state index is 13.2. The average Bonchev–Trinajstić information content (AvgIpc) is 3.76. The lowest BCUT2D eigenvalue weighted by Crippen LogP contribution is -2.43. The molecule has 0 spiro atoms. The van der Waals surface area contributed by atoms with Crippen LogP contribution in [-0.2, 0) is 43.6 Å². The highest BCUT2D eigenvalue weighted by Gasteiger charge is 2.25. The van der Waals surface area contributed by atoms with Gasteiger partial charge in [0.2, 0.25) is 11.9 Å². The fraction of sp³-hybridized carbons (Fsp3) is 0.467. The van der Waals surface area contributed by atoms with E-state index >= 15 is 0 Å². The molecule has 0 atom stereocenters. The number of nitrogens with zero attached hydrogens (tertiary/aromatic N) is 8. The van der Waals surface area contributed by atoms with E-state index in [4.69, 9.17) is 5.10 Å². The van der Waals surface area contributed by atoms with Crippen LogP contribution in [0.25, 0.3) is 11.1 Å². The summed E-state index contributed by atoms with van der Waals surface area (Å²) in [5.41, 5.74) is 7.46. The topological polar surface area (TPSA) is 133 Å². The van der Waals surface area contributed by atoms with Crippen molar-refractivity contribution >= 4 is 11.9 Å². The summed E-state index contributed by atoms with van der Waals surface area (Å²) in [6, 6.07) is 8.89. The Hall–Kier alpha value is -4.16. The van der Waals surface area contributed by atoms with Crippen LogP contribution in [0.15, 0.2) is 42.9 Å². The second-order valence-corrected chi connectivity index (χ2v) is 11.5. The number of piperazine rings is 1. The third-order valence-corrected chi connectivity index (χ3v) is 8.59. The summed E-state index contributed by atoms with van der Waals surface area (Å²) in [6.45, 7) is 6.56. The van der Waals surface area contributed by atoms with Crippen molar-refractivity contribution in [3.63, 3.8) is 0 Å². The zero-order valence-corrected chi connectivity index (χ0v) is 23.8. The molecule has 7 rings (SSSR count). The molecule has 1 aromatic carbocycles. The molecule has 0 saturated carbocycles. The van der Waals surface area contributed by atoms with Crippen molar-refractivity contribution in [2.75, 3.05) is 44.6 Å². The van der Waals surface area contributed by atoms with Gasteiger partial charge in [-0.15, -0.1) is 0 Å². The number of rotatable bonds is 9. The molecule has 3 N–H and O–H groups in total. The summed E-state index contributed by atoms with van der Waals surface area (Å²) in [7, 11) is 0. The first-order chi connectivity index (χ1) is 20.7. The molecule has 1 aliphatic carbocycles. The molecule has 42 heavy (non-hydrogen) atoms. The van der Waals surface area contributed by atoms with E-state index in [9.17, 15) is 4.79 Å². The monoisotopic (exact) mass is 567 g/mol. The Morgan fingerprint density at radius 3 is 2.55 bits per heavy atom. The molecule has 12 nitrogen and oxygen atoms in total. The number of amides is 1. The summed E-state index contributed by atoms with van der Waals surface area (Å²) >= 11 is 0. The number of carbonyl (C=O) groups is 1. The third kappa shape index (κ3) is 5.90. The van der Waals surface area contributed by atoms with Gasteiger partial charge in [-0.05, 0) is 43.4 Å². The molecule has 12 heteroatoms. The Morgan fingerprint density at radius 1 is 1.00 bits per heavy atom. The van der Waals surface area contributed by atoms with Crippen molar-refractivity contribution in [3.05, 3.63) is 71.1 Å². The zero-order chi connectivity index (χ0) is 28.3. The predicted octanol–water partition coefficient (Wildman–Crippen LogP) is 1.46. The van der Waals surface area contributed by atoms with Crippen LogP contribution < -0.4 is 10.6 Å². The minimum atomic E-state index is 0.0263. The van der Waals surface area contributed by atoms with E-state index in [0.717, 1.165) is 86.6 Å². The van der Waals surface area contributed by atoms with E-state index in [2.05, 4.69) is 65.2 Å². The molecule has 1 fully saturated rings. The molecule has 1 saturated heterocycles. The Kier molecular flexibility index (Phi) is 7.62. The van der Waals surface area contributed by atoms with Crippen molar-refractivity contribution in [1.29, 1.82) is 0 Å². The van der Waals surface area contributed by atoms with Crippen molar-refractivity contribution in [3.8, 4) is 11.1 Å². The lowest BCUT2D eigenvalue weighted by Gasteiger charge is -2.26. The number of hydrogen-bond acceptors (Lipinski definition) is 9. The van der Waals surface area contributed by atoms with Gasteiger partial charge in [0.15, 0.2) is 0 Å². The minimum Gasteiger partial charge on any atom is -0.351 e. The van der Waals surface area contributed by atoms with Gasteiger partial charge in [-0.1, -0.05) is 24.3 Å². The molecular weight excluding hydrogens is 530 g/mol. The average molecular weight is 568 g/mol. The highest BCUT2D eigenvalue weighted by Crippen LogP contribution is 2.26. The first-order valence-electron chi connectivity index (χ1n) is 15.0. The van der Waals surface area contributed by atoms with Gasteiger partial charge >= 0.3 is 0 Å². The third-order valence-electron chi connectivity index (χ3n) is 8.59. The number of H-pyrrole nitrogens is 1. The number of anilines is 1. The van der Waals surface area contributed by atoms with E-state index in [0.29, 0.717) is 31.5 Å². The number of aromatic amines is 1. The SMILES string of the molecule is O=C(Cn1cc(-c2cnc(NC3Cc4ccccc4C3)nc2)c(CCCN2CCNCC2)n1)N1CCc2n[nH]nc2C1. The van der Waals surface area contributed by atoms with E-state index in [1.807, 2.05) is 23.5 Å². The number of carbonyl (C=O) groups excluding carboxylic acids is 1. The molecule has 3 aliphatic rings. The molecule has 0 unspecified atom stereocenters. The fourth-order valence-electron chi connectivity index (χ4n) is 6.31. The molecule has 0 radical (unpaired) electrons. The van der Waals surface area contributed by atoms with Gasteiger partial charge < -0.3 is 20.4 Å². The summed E-state index contributed by atoms with van der Waals surface area (Å²) in [5.74, 6) is 0.662. The predicted molar refractivity (Wildman–Crippen MR) is 158 cm³/mol. The molecule has 2 aliphatic heterocycles. The van der Waals surface area contributed by atoms with Gasteiger partial charge in [-0.3, -0.25) is 9.48 Å². The number of hydrogen-bond donors (Lipinski definition) is 3. The van der Waals surface area contributed by atoms with Gasteiger partial charge in [0.25, 0.3) is 0 Å². The van der Waals surface area contributed by atoms with Crippen LogP contribution in [0.1, 0.15) is 34.6 Å². The lowest BCUT2D eigenvalue weighted by molar-refractivity contribution is -0.133. The van der Waals surface area contributed by atoms with E-state index < -0.39 is 0 Å². The second-order valence-electron chi connectivity index (χ2n) is 11.5. The van der Waals surface area contributed by atoms with Crippen LogP contribution >= 0.6 is 0 Å². The molecule has 0 bridgehead atoms. The van der Waals surface area contributed by atoms with Crippen molar-refractivity contribution in [2.24, 2.45) is 0 Å². The number of aryl methyl sites for hydroxylation is 1. The highest BCUT2D eigenvalue weighted by molar-refractivity contribution is 5.76. The largest absolute Gasteiger partial charge is 0.351 e. The Balaban J connectivity index is 1.05. The first kappa shape index (κ1) is 26.7. The summed E-state index contributed by atoms with van der Waals surface area (Å²) in [6.07, 6.45) is 10.2. The maximum Gasteiger partial charge on any atom is 0.244 e. The van der Waals surface area contributed by atoms with Gasteiger partial charge in [0.05, 0.1) is 17.9 Å². The fourth-order valence-corrected chi connectivity index (χ4v) is 6.31. The van der Waals surface area contributed by atoms with Crippen LogP contribution in [0, 0.1) is 0 Å². The van der Waals surface area contributed by atoms with Crippen molar-refractivity contribution < 1.29 is 4.79 Å². The van der Waals surface area contributed by atoms with Gasteiger partial charge in [0, 0.05) is 74.9 Å². The van der Waals surface area contributed by atoms with Gasteiger partial charge in [0.1, 0.15) is 12.2 Å². The number of nitrogens with one attached hydrogen (secondary N) is 3. The number of benzene rings is 1. The van der Waals surface area contributed by atoms with Crippen LogP contribution in [0.4, 0.5) is 5.95 Å². The Morgan fingerprint density at radius 2 is 1.76 bits per heavy atom. The maximum atomic E-state index is 13.2. The smallest absolute Gasteiger partial charge is 0.244 e. The molecule has 5 heterocycles. The van der Waals surface area contributed by atoms with E-state index in [1.54, 1.807) is 4.68 Å². The number of fused-ring (bicyclic) bond motifs is 2. The lowest BCUT2D eigenvalue weighted by atomic mass is 10.1. The molecular formula is C30H37N11O. The quantitative estimate of drug-likeness (QED) is 0.275. The molecule has 218 valence electrons. The van der Waals surface area contributed by atoms with Gasteiger partial charge in [-0.25, -0.2) is 9.97 Å². The van der Waals surface area contributed by atoms with Crippen LogP contribution in [0.3, 0.4) is 0 Å². The van der Waals surface area contributed by atoms with E-state index in [1.165, 1.54) is 11.1 Å². The summed E-state index contributed by atoms with van der Waals surface area (Å²) in [4.78, 5) is 26.9. The Labute approximate surface area is 244 Å². The molecule has 3 aromatic heterocycles. The Bertz CT molecular complexity index is 1500. The van der Waals surface area contributed by atoms with Crippen molar-refractivity contribution in [2.45, 2.75) is 51.2 Å². The number of aromatic nitrogens is 7. The zero-order valence-electron chi connectivity index (χ0n) is 23.8. The summed E-state index contributed by atoms with van der Waals surface area (Å²) < 4.78 is 1.78. The van der Waals surface area contributed by atoms with Gasteiger partial charge in [-0.2, -0.15) is 20.5 Å². The standard InChI is InChI=1S/C30H37N11O/c42-29(40-11-7-27-28(19-40)36-38-35-27)20-41-18-25(26(37-41)6-3-10-39-12-8-31-9-13-39)23-16-32-30(33-17-23)34-24-14-21-4-1-2-5-22(21)15-24/h1-2,4-5,16-18,24,31H,3,6-15,19-20H2,(H,32,33,34)(H,35,36,38). The molecule has 4 aromatic rings. The van der Waals surface area contributed by atoms with Crippen LogP contribution in [0.5, 0.6) is 0 Å². The van der Waals surface area contributed by atoms with Crippen LogP contribution in [0.2, 0.25) is 0 Å². The molecule has 1 amide bonds. The van der Waals surface area contributed by atoms with E-state index in [-0.39, 0.29) is 12.5 Å².